The van der Waals surface area contributed by atoms with Crippen LogP contribution in [0.3, 0.4) is 0 Å². The number of hydrogen-bond acceptors (Lipinski definition) is 5. The lowest BCUT2D eigenvalue weighted by molar-refractivity contribution is -0.163. The van der Waals surface area contributed by atoms with Crippen LogP contribution in [0.15, 0.2) is 46.4 Å². The number of fused-ring (bicyclic) bond motifs is 1. The Kier molecular flexibility index (Phi) is 5.30. The average molecular weight is 405 g/mol. The van der Waals surface area contributed by atoms with Gasteiger partial charge in [-0.25, -0.2) is 8.42 Å². The predicted molar refractivity (Wildman–Crippen MR) is 106 cm³/mol. The first-order valence-corrected chi connectivity index (χ1v) is 11.3. The smallest absolute Gasteiger partial charge is 0.311 e. The van der Waals surface area contributed by atoms with Gasteiger partial charge >= 0.3 is 5.97 Å². The molecule has 0 heterocycles. The van der Waals surface area contributed by atoms with E-state index in [2.05, 4.69) is 0 Å². The van der Waals surface area contributed by atoms with Gasteiger partial charge in [0.05, 0.1) is 16.1 Å². The Bertz CT molecular complexity index is 921. The van der Waals surface area contributed by atoms with Crippen molar-refractivity contribution in [1.82, 2.24) is 0 Å². The van der Waals surface area contributed by atoms with Gasteiger partial charge < -0.3 is 4.74 Å². The molecule has 28 heavy (non-hydrogen) atoms. The molecule has 2 aliphatic carbocycles. The molecule has 1 aromatic rings. The molecule has 0 aliphatic heterocycles. The fraction of sp³-hybridized carbons (Fsp3) is 0.545. The van der Waals surface area contributed by atoms with Crippen molar-refractivity contribution in [1.29, 1.82) is 0 Å². The Morgan fingerprint density at radius 2 is 1.82 bits per heavy atom. The molecule has 1 saturated carbocycles. The van der Waals surface area contributed by atoms with Crippen molar-refractivity contribution in [2.45, 2.75) is 64.4 Å². The monoisotopic (exact) mass is 404 g/mol. The minimum absolute atomic E-state index is 0.102. The number of Topliss-reactive ketones (excluding diaryl/α,β-unsaturated/α-hetero) is 1. The predicted octanol–water partition coefficient (Wildman–Crippen LogP) is 3.88. The lowest BCUT2D eigenvalue weighted by atomic mass is 9.71. The van der Waals surface area contributed by atoms with Crippen LogP contribution in [0.2, 0.25) is 0 Å². The van der Waals surface area contributed by atoms with Crippen molar-refractivity contribution in [2.24, 2.45) is 10.8 Å². The van der Waals surface area contributed by atoms with Gasteiger partial charge in [0.1, 0.15) is 6.10 Å². The highest BCUT2D eigenvalue weighted by Gasteiger charge is 2.50. The van der Waals surface area contributed by atoms with E-state index in [4.69, 9.17) is 4.74 Å². The minimum atomic E-state index is -3.61. The molecule has 0 aromatic heterocycles. The van der Waals surface area contributed by atoms with Crippen LogP contribution < -0.4 is 0 Å². The van der Waals surface area contributed by atoms with Crippen LogP contribution >= 0.6 is 0 Å². The third-order valence-corrected chi connectivity index (χ3v) is 7.59. The fourth-order valence-electron chi connectivity index (χ4n) is 4.14. The summed E-state index contributed by atoms with van der Waals surface area (Å²) in [6.07, 6.45) is 1.75. The van der Waals surface area contributed by atoms with Gasteiger partial charge in [0.2, 0.25) is 0 Å². The lowest BCUT2D eigenvalue weighted by Crippen LogP contribution is -2.39. The number of esters is 1. The van der Waals surface area contributed by atoms with Gasteiger partial charge in [-0.3, -0.25) is 9.59 Å². The summed E-state index contributed by atoms with van der Waals surface area (Å²) in [5, 5.41) is 0. The van der Waals surface area contributed by atoms with Crippen LogP contribution in [-0.2, 0) is 24.2 Å². The van der Waals surface area contributed by atoms with Crippen LogP contribution in [0, 0.1) is 10.8 Å². The average Bonchev–Trinajstić information content (AvgIpc) is 2.95. The van der Waals surface area contributed by atoms with Gasteiger partial charge in [0.15, 0.2) is 15.6 Å². The zero-order valence-electron chi connectivity index (χ0n) is 16.9. The number of sulfone groups is 1. The second-order valence-electron chi connectivity index (χ2n) is 9.05. The first kappa shape index (κ1) is 20.8. The van der Waals surface area contributed by atoms with E-state index in [-0.39, 0.29) is 34.9 Å². The van der Waals surface area contributed by atoms with Gasteiger partial charge in [0, 0.05) is 17.4 Å². The fourth-order valence-corrected chi connectivity index (χ4v) is 5.59. The van der Waals surface area contributed by atoms with E-state index >= 15 is 0 Å². The molecule has 1 aromatic carbocycles. The molecule has 0 spiro atoms. The van der Waals surface area contributed by atoms with Crippen LogP contribution in [0.4, 0.5) is 0 Å². The van der Waals surface area contributed by atoms with E-state index in [9.17, 15) is 18.0 Å². The molecule has 2 atom stereocenters. The SMILES string of the molecule is CC(C)(C)C(=O)O[C@H]1CCC2=C(CS(=O)(=O)c3ccccc3)C(=O)CC[C@@]21C. The Hall–Kier alpha value is -1.95. The minimum Gasteiger partial charge on any atom is -0.461 e. The highest BCUT2D eigenvalue weighted by Crippen LogP contribution is 2.52. The number of rotatable bonds is 4. The number of carbonyl (C=O) groups excluding carboxylic acids is 2. The third kappa shape index (κ3) is 3.79. The van der Waals surface area contributed by atoms with Crippen LogP contribution in [-0.4, -0.2) is 32.0 Å². The molecular weight excluding hydrogens is 376 g/mol. The molecule has 0 bridgehead atoms. The van der Waals surface area contributed by atoms with Crippen molar-refractivity contribution in [3.8, 4) is 0 Å². The van der Waals surface area contributed by atoms with Gasteiger partial charge in [0.25, 0.3) is 0 Å². The Morgan fingerprint density at radius 1 is 1.18 bits per heavy atom. The maximum absolute atomic E-state index is 12.9. The van der Waals surface area contributed by atoms with Crippen LogP contribution in [0.25, 0.3) is 0 Å². The molecule has 0 unspecified atom stereocenters. The van der Waals surface area contributed by atoms with E-state index in [1.54, 1.807) is 30.3 Å². The summed E-state index contributed by atoms with van der Waals surface area (Å²) < 4.78 is 31.5. The van der Waals surface area contributed by atoms with Crippen molar-refractivity contribution in [3.63, 3.8) is 0 Å². The highest BCUT2D eigenvalue weighted by molar-refractivity contribution is 7.91. The summed E-state index contributed by atoms with van der Waals surface area (Å²) in [4.78, 5) is 25.3. The van der Waals surface area contributed by atoms with Gasteiger partial charge in [-0.2, -0.15) is 0 Å². The maximum atomic E-state index is 12.9. The molecule has 2 aliphatic rings. The molecule has 152 valence electrons. The largest absolute Gasteiger partial charge is 0.461 e. The lowest BCUT2D eigenvalue weighted by Gasteiger charge is -2.37. The van der Waals surface area contributed by atoms with Crippen molar-refractivity contribution in [2.75, 3.05) is 5.75 Å². The molecule has 0 saturated heterocycles. The summed E-state index contributed by atoms with van der Waals surface area (Å²) in [5.41, 5.74) is 0.172. The van der Waals surface area contributed by atoms with Crippen LogP contribution in [0.5, 0.6) is 0 Å². The normalized spacial score (nSPS) is 25.6. The van der Waals surface area contributed by atoms with Crippen molar-refractivity contribution < 1.29 is 22.7 Å². The maximum Gasteiger partial charge on any atom is 0.311 e. The summed E-state index contributed by atoms with van der Waals surface area (Å²) in [6, 6.07) is 8.21. The quantitative estimate of drug-likeness (QED) is 0.712. The molecular formula is C22H28O5S. The standard InChI is InChI=1S/C22H28O5S/c1-21(2,3)20(24)27-19-11-10-17-16(18(23)12-13-22(17,19)4)14-28(25,26)15-8-6-5-7-9-15/h5-9,19H,10-14H2,1-4H3/t19-,22-/m0/s1. The number of ether oxygens (including phenoxy) is 1. The van der Waals surface area contributed by atoms with E-state index < -0.39 is 20.7 Å². The van der Waals surface area contributed by atoms with E-state index in [1.807, 2.05) is 27.7 Å². The number of ketones is 1. The highest BCUT2D eigenvalue weighted by atomic mass is 32.2. The van der Waals surface area contributed by atoms with Crippen molar-refractivity contribution >= 4 is 21.6 Å². The second-order valence-corrected chi connectivity index (χ2v) is 11.0. The number of benzene rings is 1. The van der Waals surface area contributed by atoms with Gasteiger partial charge in [-0.15, -0.1) is 0 Å². The van der Waals surface area contributed by atoms with E-state index in [1.165, 1.54) is 0 Å². The van der Waals surface area contributed by atoms with Crippen LogP contribution in [0.1, 0.15) is 53.4 Å². The molecule has 3 rings (SSSR count). The van der Waals surface area contributed by atoms with Gasteiger partial charge in [-0.1, -0.05) is 30.7 Å². The first-order chi connectivity index (χ1) is 12.9. The molecule has 6 heteroatoms. The number of carbonyl (C=O) groups is 2. The second kappa shape index (κ2) is 7.14. The summed E-state index contributed by atoms with van der Waals surface area (Å²) in [7, 11) is -3.61. The first-order valence-electron chi connectivity index (χ1n) is 9.70. The summed E-state index contributed by atoms with van der Waals surface area (Å²) in [5.74, 6) is -0.661. The van der Waals surface area contributed by atoms with Gasteiger partial charge in [-0.05, 0) is 52.2 Å². The molecule has 0 N–H and O–H groups in total. The molecule has 1 fully saturated rings. The van der Waals surface area contributed by atoms with E-state index in [0.717, 1.165) is 5.57 Å². The zero-order chi connectivity index (χ0) is 20.7. The summed E-state index contributed by atoms with van der Waals surface area (Å²) >= 11 is 0. The molecule has 5 nitrogen and oxygen atoms in total. The summed E-state index contributed by atoms with van der Waals surface area (Å²) in [6.45, 7) is 7.43. The third-order valence-electron chi connectivity index (χ3n) is 5.93. The zero-order valence-corrected chi connectivity index (χ0v) is 17.8. The molecule has 0 amide bonds. The Labute approximate surface area is 167 Å². The molecule has 0 radical (unpaired) electrons. The topological polar surface area (TPSA) is 77.5 Å². The number of hydrogen-bond donors (Lipinski definition) is 0. The Balaban J connectivity index is 1.94. The van der Waals surface area contributed by atoms with E-state index in [0.29, 0.717) is 24.8 Å². The van der Waals surface area contributed by atoms with Crippen molar-refractivity contribution in [3.05, 3.63) is 41.5 Å². The Morgan fingerprint density at radius 3 is 2.43 bits per heavy atom.